The van der Waals surface area contributed by atoms with Gasteiger partial charge in [-0.15, -0.1) is 0 Å². The van der Waals surface area contributed by atoms with Crippen LogP contribution in [0, 0.1) is 5.41 Å². The second-order valence-corrected chi connectivity index (χ2v) is 6.14. The smallest absolute Gasteiger partial charge is 0.0225 e. The fourth-order valence-corrected chi connectivity index (χ4v) is 4.35. The summed E-state index contributed by atoms with van der Waals surface area (Å²) in [5.74, 6) is 1.33. The Labute approximate surface area is 79.7 Å². The van der Waals surface area contributed by atoms with Crippen molar-refractivity contribution in [3.63, 3.8) is 0 Å². The molecule has 0 aliphatic carbocycles. The minimum Gasteiger partial charge on any atom is -0.311 e. The van der Waals surface area contributed by atoms with Crippen LogP contribution in [0.2, 0.25) is 0 Å². The van der Waals surface area contributed by atoms with Gasteiger partial charge in [0.25, 0.3) is 0 Å². The van der Waals surface area contributed by atoms with Gasteiger partial charge in [-0.2, -0.15) is 11.8 Å². The van der Waals surface area contributed by atoms with Crippen LogP contribution in [0.15, 0.2) is 0 Å². The molecule has 0 saturated carbocycles. The van der Waals surface area contributed by atoms with Gasteiger partial charge in [0.2, 0.25) is 0 Å². The van der Waals surface area contributed by atoms with Gasteiger partial charge in [0.05, 0.1) is 0 Å². The first kappa shape index (κ1) is 8.89. The van der Waals surface area contributed by atoms with E-state index in [0.717, 1.165) is 5.25 Å². The molecule has 0 radical (unpaired) electrons. The minimum absolute atomic E-state index is 0.428. The molecule has 2 fully saturated rings. The van der Waals surface area contributed by atoms with Crippen molar-refractivity contribution < 1.29 is 0 Å². The summed E-state index contributed by atoms with van der Waals surface area (Å²) in [6.07, 6.45) is 2.70. The van der Waals surface area contributed by atoms with Crippen molar-refractivity contribution in [3.8, 4) is 0 Å². The average molecular weight is 185 g/mol. The predicted molar refractivity (Wildman–Crippen MR) is 55.7 cm³/mol. The second kappa shape index (κ2) is 2.65. The number of fused-ring (bicyclic) bond motifs is 1. The first-order valence-corrected chi connectivity index (χ1v) is 6.00. The fourth-order valence-electron chi connectivity index (χ4n) is 2.73. The molecule has 3 unspecified atom stereocenters. The molecule has 3 atom stereocenters. The number of thioether (sulfide) groups is 1. The van der Waals surface area contributed by atoms with E-state index in [4.69, 9.17) is 0 Å². The third-order valence-electron chi connectivity index (χ3n) is 4.29. The zero-order valence-electron chi connectivity index (χ0n) is 8.31. The van der Waals surface area contributed by atoms with Crippen molar-refractivity contribution in [3.05, 3.63) is 0 Å². The van der Waals surface area contributed by atoms with Crippen LogP contribution in [0.3, 0.4) is 0 Å². The highest BCUT2D eigenvalue weighted by Gasteiger charge is 2.53. The first-order valence-electron chi connectivity index (χ1n) is 4.95. The molecule has 2 aliphatic heterocycles. The Morgan fingerprint density at radius 3 is 2.75 bits per heavy atom. The molecular formula is C10H19NS. The summed E-state index contributed by atoms with van der Waals surface area (Å²) < 4.78 is 0. The van der Waals surface area contributed by atoms with Crippen molar-refractivity contribution in [2.24, 2.45) is 5.41 Å². The minimum atomic E-state index is 0.428. The molecule has 0 spiro atoms. The topological polar surface area (TPSA) is 12.0 Å². The molecule has 0 aromatic heterocycles. The molecule has 0 aromatic rings. The second-order valence-electron chi connectivity index (χ2n) is 4.69. The van der Waals surface area contributed by atoms with Gasteiger partial charge in [0, 0.05) is 10.8 Å². The molecule has 0 bridgehead atoms. The summed E-state index contributed by atoms with van der Waals surface area (Å²) in [4.78, 5) is 0. The van der Waals surface area contributed by atoms with Crippen LogP contribution in [-0.4, -0.2) is 23.1 Å². The Hall–Kier alpha value is 0.310. The van der Waals surface area contributed by atoms with Crippen molar-refractivity contribution in [2.45, 2.75) is 44.4 Å². The van der Waals surface area contributed by atoms with Crippen LogP contribution in [0.25, 0.3) is 0 Å². The van der Waals surface area contributed by atoms with Crippen LogP contribution < -0.4 is 5.32 Å². The summed E-state index contributed by atoms with van der Waals surface area (Å²) in [6, 6.07) is 0. The molecule has 12 heavy (non-hydrogen) atoms. The van der Waals surface area contributed by atoms with Gasteiger partial charge in [0.1, 0.15) is 0 Å². The van der Waals surface area contributed by atoms with Gasteiger partial charge in [-0.3, -0.25) is 0 Å². The maximum Gasteiger partial charge on any atom is 0.0225 e. The van der Waals surface area contributed by atoms with Gasteiger partial charge < -0.3 is 5.32 Å². The standard InChI is InChI=1S/C10H19NS/c1-8-9(2)4-6-11-10(9,3)5-7-12-8/h8,11H,4-7H2,1-3H3. The zero-order chi connectivity index (χ0) is 8.82. The third-order valence-corrected chi connectivity index (χ3v) is 5.75. The zero-order valence-corrected chi connectivity index (χ0v) is 9.13. The summed E-state index contributed by atoms with van der Waals surface area (Å²) >= 11 is 2.15. The lowest BCUT2D eigenvalue weighted by molar-refractivity contribution is 0.164. The molecule has 2 heterocycles. The van der Waals surface area contributed by atoms with Gasteiger partial charge in [-0.1, -0.05) is 13.8 Å². The van der Waals surface area contributed by atoms with Gasteiger partial charge in [0.15, 0.2) is 0 Å². The van der Waals surface area contributed by atoms with Crippen molar-refractivity contribution in [1.82, 2.24) is 5.32 Å². The largest absolute Gasteiger partial charge is 0.311 e. The Kier molecular flexibility index (Phi) is 1.96. The molecular weight excluding hydrogens is 166 g/mol. The van der Waals surface area contributed by atoms with Crippen molar-refractivity contribution in [2.75, 3.05) is 12.3 Å². The van der Waals surface area contributed by atoms with E-state index in [0.29, 0.717) is 11.0 Å². The maximum atomic E-state index is 3.69. The Balaban J connectivity index is 2.30. The highest BCUT2D eigenvalue weighted by Crippen LogP contribution is 2.52. The molecule has 70 valence electrons. The van der Waals surface area contributed by atoms with E-state index in [2.05, 4.69) is 37.8 Å². The molecule has 1 N–H and O–H groups in total. The fraction of sp³-hybridized carbons (Fsp3) is 1.00. The van der Waals surface area contributed by atoms with Crippen LogP contribution in [0.1, 0.15) is 33.6 Å². The van der Waals surface area contributed by atoms with Crippen LogP contribution in [-0.2, 0) is 0 Å². The van der Waals surface area contributed by atoms with E-state index in [1.54, 1.807) is 0 Å². The molecule has 1 nitrogen and oxygen atoms in total. The molecule has 2 aliphatic rings. The molecule has 0 amide bonds. The summed E-state index contributed by atoms with van der Waals surface area (Å²) in [6.45, 7) is 8.49. The van der Waals surface area contributed by atoms with Crippen molar-refractivity contribution >= 4 is 11.8 Å². The Morgan fingerprint density at radius 2 is 2.08 bits per heavy atom. The van der Waals surface area contributed by atoms with Crippen LogP contribution in [0.5, 0.6) is 0 Å². The van der Waals surface area contributed by atoms with Gasteiger partial charge in [-0.05, 0) is 37.5 Å². The highest BCUT2D eigenvalue weighted by atomic mass is 32.2. The molecule has 0 aromatic carbocycles. The molecule has 2 saturated heterocycles. The monoisotopic (exact) mass is 185 g/mol. The van der Waals surface area contributed by atoms with Crippen LogP contribution >= 0.6 is 11.8 Å². The lowest BCUT2D eigenvalue weighted by atomic mass is 9.69. The van der Waals surface area contributed by atoms with E-state index in [-0.39, 0.29) is 0 Å². The SMILES string of the molecule is CC1SCCC2(C)NCCC12C. The first-order chi connectivity index (χ1) is 5.58. The maximum absolute atomic E-state index is 3.69. The quantitative estimate of drug-likeness (QED) is 0.621. The number of nitrogens with one attached hydrogen (secondary N) is 1. The number of hydrogen-bond donors (Lipinski definition) is 1. The summed E-state index contributed by atoms with van der Waals surface area (Å²) in [7, 11) is 0. The summed E-state index contributed by atoms with van der Waals surface area (Å²) in [5, 5.41) is 4.52. The number of rotatable bonds is 0. The number of hydrogen-bond acceptors (Lipinski definition) is 2. The lowest BCUT2D eigenvalue weighted by Crippen LogP contribution is -2.54. The summed E-state index contributed by atoms with van der Waals surface area (Å²) in [5.41, 5.74) is 0.966. The molecule has 2 heteroatoms. The van der Waals surface area contributed by atoms with E-state index in [1.165, 1.54) is 25.1 Å². The Morgan fingerprint density at radius 1 is 1.33 bits per heavy atom. The van der Waals surface area contributed by atoms with E-state index in [9.17, 15) is 0 Å². The average Bonchev–Trinajstić information content (AvgIpc) is 2.30. The van der Waals surface area contributed by atoms with E-state index < -0.39 is 0 Å². The predicted octanol–water partition coefficient (Wildman–Crippen LogP) is 2.27. The van der Waals surface area contributed by atoms with Crippen LogP contribution in [0.4, 0.5) is 0 Å². The van der Waals surface area contributed by atoms with E-state index in [1.807, 2.05) is 0 Å². The Bertz CT molecular complexity index is 194. The lowest BCUT2D eigenvalue weighted by Gasteiger charge is -2.48. The van der Waals surface area contributed by atoms with Gasteiger partial charge >= 0.3 is 0 Å². The van der Waals surface area contributed by atoms with Gasteiger partial charge in [-0.25, -0.2) is 0 Å². The third kappa shape index (κ3) is 0.973. The highest BCUT2D eigenvalue weighted by molar-refractivity contribution is 7.99. The van der Waals surface area contributed by atoms with Crippen molar-refractivity contribution in [1.29, 1.82) is 0 Å². The normalized spacial score (nSPS) is 53.8. The molecule has 2 rings (SSSR count). The van der Waals surface area contributed by atoms with E-state index >= 15 is 0 Å².